The maximum absolute atomic E-state index is 6.76. The van der Waals surface area contributed by atoms with Crippen molar-refractivity contribution in [3.63, 3.8) is 0 Å². The van der Waals surface area contributed by atoms with Crippen LogP contribution < -0.4 is 4.90 Å². The number of nitrogens with zero attached hydrogens (tertiary/aromatic N) is 1. The van der Waals surface area contributed by atoms with E-state index in [1.807, 2.05) is 6.07 Å². The Hall–Kier alpha value is -7.62. The molecule has 0 spiro atoms. The highest BCUT2D eigenvalue weighted by atomic mass is 16.3. The Morgan fingerprint density at radius 2 is 0.900 bits per heavy atom. The van der Waals surface area contributed by atoms with Gasteiger partial charge in [0.25, 0.3) is 0 Å². The molecule has 0 saturated heterocycles. The second-order valence-corrected chi connectivity index (χ2v) is 16.5. The van der Waals surface area contributed by atoms with E-state index in [-0.39, 0.29) is 5.41 Å². The monoisotopic (exact) mass is 769 g/mol. The predicted molar refractivity (Wildman–Crippen MR) is 250 cm³/mol. The van der Waals surface area contributed by atoms with Crippen molar-refractivity contribution in [2.75, 3.05) is 4.90 Å². The second kappa shape index (κ2) is 13.2. The Bertz CT molecular complexity index is 3450. The fourth-order valence-electron chi connectivity index (χ4n) is 9.64. The lowest BCUT2D eigenvalue weighted by molar-refractivity contribution is 0.660. The molecule has 0 saturated carbocycles. The van der Waals surface area contributed by atoms with Crippen molar-refractivity contribution in [3.05, 3.63) is 211 Å². The van der Waals surface area contributed by atoms with Crippen LogP contribution in [0, 0.1) is 0 Å². The van der Waals surface area contributed by atoms with E-state index in [0.717, 1.165) is 83.2 Å². The topological polar surface area (TPSA) is 29.5 Å². The van der Waals surface area contributed by atoms with E-state index in [2.05, 4.69) is 213 Å². The van der Waals surface area contributed by atoms with Gasteiger partial charge in [0.15, 0.2) is 0 Å². The Balaban J connectivity index is 1.04. The molecule has 0 N–H and O–H groups in total. The van der Waals surface area contributed by atoms with Crippen molar-refractivity contribution >= 4 is 60.9 Å². The molecular formula is C57H39NO2. The quantitative estimate of drug-likeness (QED) is 0.169. The van der Waals surface area contributed by atoms with Gasteiger partial charge in [-0.3, -0.25) is 0 Å². The van der Waals surface area contributed by atoms with E-state index in [1.54, 1.807) is 0 Å². The van der Waals surface area contributed by atoms with Crippen molar-refractivity contribution in [3.8, 4) is 44.5 Å². The molecule has 3 nitrogen and oxygen atoms in total. The van der Waals surface area contributed by atoms with Crippen LogP contribution in [0.2, 0.25) is 0 Å². The zero-order valence-electron chi connectivity index (χ0n) is 33.3. The van der Waals surface area contributed by atoms with Gasteiger partial charge in [0.1, 0.15) is 22.3 Å². The van der Waals surface area contributed by atoms with Gasteiger partial charge >= 0.3 is 0 Å². The van der Waals surface area contributed by atoms with Crippen molar-refractivity contribution in [1.29, 1.82) is 0 Å². The minimum Gasteiger partial charge on any atom is -0.456 e. The van der Waals surface area contributed by atoms with E-state index in [0.29, 0.717) is 0 Å². The summed E-state index contributed by atoms with van der Waals surface area (Å²) in [5, 5.41) is 4.17. The molecule has 3 heteroatoms. The van der Waals surface area contributed by atoms with Gasteiger partial charge in [0.05, 0.1) is 11.1 Å². The fraction of sp³-hybridized carbons (Fsp3) is 0.0526. The van der Waals surface area contributed by atoms with Crippen LogP contribution in [0.4, 0.5) is 17.1 Å². The molecule has 11 aromatic rings. The summed E-state index contributed by atoms with van der Waals surface area (Å²) >= 11 is 0. The summed E-state index contributed by atoms with van der Waals surface area (Å²) in [6.45, 7) is 4.69. The second-order valence-electron chi connectivity index (χ2n) is 16.5. The molecule has 9 aromatic carbocycles. The molecule has 0 bridgehead atoms. The Kier molecular flexibility index (Phi) is 7.58. The third-order valence-electron chi connectivity index (χ3n) is 12.7. The number of hydrogen-bond acceptors (Lipinski definition) is 3. The third-order valence-corrected chi connectivity index (χ3v) is 12.7. The van der Waals surface area contributed by atoms with Gasteiger partial charge in [-0.1, -0.05) is 153 Å². The first-order valence-electron chi connectivity index (χ1n) is 20.7. The van der Waals surface area contributed by atoms with Crippen LogP contribution in [0.5, 0.6) is 0 Å². The highest BCUT2D eigenvalue weighted by Gasteiger charge is 2.36. The summed E-state index contributed by atoms with van der Waals surface area (Å²) in [5.41, 5.74) is 18.7. The predicted octanol–water partition coefficient (Wildman–Crippen LogP) is 16.3. The average molecular weight is 770 g/mol. The van der Waals surface area contributed by atoms with Crippen LogP contribution >= 0.6 is 0 Å². The Morgan fingerprint density at radius 1 is 0.350 bits per heavy atom. The first-order valence-corrected chi connectivity index (χ1v) is 20.7. The zero-order valence-corrected chi connectivity index (χ0v) is 33.3. The number of furan rings is 2. The van der Waals surface area contributed by atoms with Crippen LogP contribution in [-0.2, 0) is 5.41 Å². The van der Waals surface area contributed by atoms with Crippen molar-refractivity contribution < 1.29 is 8.83 Å². The lowest BCUT2D eigenvalue weighted by Gasteiger charge is -2.29. The van der Waals surface area contributed by atoms with Gasteiger partial charge in [-0.2, -0.15) is 0 Å². The summed E-state index contributed by atoms with van der Waals surface area (Å²) < 4.78 is 13.4. The van der Waals surface area contributed by atoms with E-state index in [4.69, 9.17) is 8.83 Å². The van der Waals surface area contributed by atoms with E-state index in [9.17, 15) is 0 Å². The molecule has 0 fully saturated rings. The van der Waals surface area contributed by atoms with Crippen molar-refractivity contribution in [2.45, 2.75) is 19.3 Å². The molecule has 2 aromatic heterocycles. The van der Waals surface area contributed by atoms with Crippen LogP contribution in [-0.4, -0.2) is 0 Å². The summed E-state index contributed by atoms with van der Waals surface area (Å²) in [5.74, 6) is 0. The summed E-state index contributed by atoms with van der Waals surface area (Å²) in [6.07, 6.45) is 0. The van der Waals surface area contributed by atoms with Crippen molar-refractivity contribution in [2.24, 2.45) is 0 Å². The van der Waals surface area contributed by atoms with E-state index in [1.165, 1.54) is 33.4 Å². The van der Waals surface area contributed by atoms with Gasteiger partial charge < -0.3 is 13.7 Å². The third kappa shape index (κ3) is 5.36. The Labute approximate surface area is 348 Å². The lowest BCUT2D eigenvalue weighted by atomic mass is 9.82. The van der Waals surface area contributed by atoms with Crippen molar-refractivity contribution in [1.82, 2.24) is 0 Å². The van der Waals surface area contributed by atoms with Crippen LogP contribution in [0.1, 0.15) is 25.0 Å². The smallest absolute Gasteiger partial charge is 0.137 e. The molecule has 0 amide bonds. The molecule has 284 valence electrons. The SMILES string of the molecule is CC1(C)c2ccccc2-c2ccc(N(c3cccc(-c4ccc(-c5ccccc5)cc4)c3)c3cccc4oc5cc6c(cc5c34)oc3cc(-c4ccccc4)ccc36)cc21. The van der Waals surface area contributed by atoms with Gasteiger partial charge in [-0.25, -0.2) is 0 Å². The normalized spacial score (nSPS) is 13.0. The average Bonchev–Trinajstić information content (AvgIpc) is 3.93. The van der Waals surface area contributed by atoms with Crippen LogP contribution in [0.25, 0.3) is 88.4 Å². The number of anilines is 3. The fourth-order valence-corrected chi connectivity index (χ4v) is 9.64. The van der Waals surface area contributed by atoms with Gasteiger partial charge in [-0.05, 0) is 116 Å². The maximum atomic E-state index is 6.76. The zero-order chi connectivity index (χ0) is 40.0. The van der Waals surface area contributed by atoms with E-state index < -0.39 is 0 Å². The molecule has 0 aliphatic heterocycles. The number of benzene rings is 9. The lowest BCUT2D eigenvalue weighted by Crippen LogP contribution is -2.16. The summed E-state index contributed by atoms with van der Waals surface area (Å²) in [7, 11) is 0. The van der Waals surface area contributed by atoms with E-state index >= 15 is 0 Å². The first kappa shape index (κ1) is 34.4. The molecule has 2 heterocycles. The molecule has 1 aliphatic rings. The first-order chi connectivity index (χ1) is 29.5. The summed E-state index contributed by atoms with van der Waals surface area (Å²) in [4.78, 5) is 2.41. The standard InChI is InChI=1S/C57H39NO2/c1-57(2)49-20-10-9-19-44(49)45-30-28-43(33-50(45)57)58(42-18-11-17-40(31-42)39-25-23-38(24-26-39)36-13-5-3-6-14-36)51-21-12-22-52-56(51)48-35-54-47(34-55(48)59-52)46-29-27-41(32-53(46)60-54)37-15-7-4-8-16-37/h3-35H,1-2H3. The number of rotatable bonds is 6. The highest BCUT2D eigenvalue weighted by Crippen LogP contribution is 2.52. The molecular weight excluding hydrogens is 731 g/mol. The molecule has 60 heavy (non-hydrogen) atoms. The van der Waals surface area contributed by atoms with Gasteiger partial charge in [-0.15, -0.1) is 0 Å². The number of hydrogen-bond donors (Lipinski definition) is 0. The minimum atomic E-state index is -0.155. The van der Waals surface area contributed by atoms with Crippen LogP contribution in [0.15, 0.2) is 209 Å². The molecule has 12 rings (SSSR count). The largest absolute Gasteiger partial charge is 0.456 e. The van der Waals surface area contributed by atoms with Gasteiger partial charge in [0, 0.05) is 32.9 Å². The van der Waals surface area contributed by atoms with Gasteiger partial charge in [0.2, 0.25) is 0 Å². The Morgan fingerprint density at radius 3 is 1.70 bits per heavy atom. The molecule has 0 atom stereocenters. The maximum Gasteiger partial charge on any atom is 0.137 e. The molecule has 0 unspecified atom stereocenters. The van der Waals surface area contributed by atoms with Crippen LogP contribution in [0.3, 0.4) is 0 Å². The molecule has 0 radical (unpaired) electrons. The highest BCUT2D eigenvalue weighted by molar-refractivity contribution is 6.19. The molecule has 1 aliphatic carbocycles. The minimum absolute atomic E-state index is 0.155. The summed E-state index contributed by atoms with van der Waals surface area (Å²) in [6, 6.07) is 71.9. The number of fused-ring (bicyclic) bond motifs is 9.